The molecule has 2 heterocycles. The van der Waals surface area contributed by atoms with E-state index < -0.39 is 17.4 Å². The predicted octanol–water partition coefficient (Wildman–Crippen LogP) is 4.31. The number of ether oxygens (including phenoxy) is 10. The zero-order chi connectivity index (χ0) is 54.5. The molecule has 0 aliphatic carbocycles. The molecule has 0 aromatic heterocycles. The molecule has 0 amide bonds. The van der Waals surface area contributed by atoms with Gasteiger partial charge in [-0.25, -0.2) is 0 Å². The van der Waals surface area contributed by atoms with E-state index in [1.807, 2.05) is 24.3 Å². The zero-order valence-electron chi connectivity index (χ0n) is 47.4. The highest BCUT2D eigenvalue weighted by Gasteiger charge is 2.45. The van der Waals surface area contributed by atoms with Crippen LogP contribution in [0, 0.1) is 5.41 Å². The van der Waals surface area contributed by atoms with Crippen LogP contribution in [0.2, 0.25) is 0 Å². The molecule has 6 rings (SSSR count). The Labute approximate surface area is 469 Å². The summed E-state index contributed by atoms with van der Waals surface area (Å²) in [6.45, 7) is 3.07. The van der Waals surface area contributed by atoms with Gasteiger partial charge in [-0.05, 0) is 104 Å². The molecule has 2 aliphatic heterocycles. The Morgan fingerprint density at radius 2 is 0.896 bits per heavy atom. The highest BCUT2D eigenvalue weighted by molar-refractivity contribution is 5.74. The Hall–Kier alpha value is -5.68. The summed E-state index contributed by atoms with van der Waals surface area (Å²) in [7, 11) is 20.9. The Balaban J connectivity index is 0.00000640. The van der Waals surface area contributed by atoms with Gasteiger partial charge in [-0.1, -0.05) is 25.7 Å². The molecule has 0 saturated carbocycles. The SMILES string of the molecule is COc1cc2c(cc1OC)[C@H](c1cc(OC)c(OC)c(OC)c1)[N@+](C)(CCCC(CCCCCCCC(=O)O)(CCC[N@@+]1(C)CCc3cc(OC)c(OC)cc3[C@H]1Cc1cc(OC)c(OC)c(OC)c1)C(=O)O)CC2.[Cl-].[Cl-]. The third-order valence-electron chi connectivity index (χ3n) is 16.4. The molecular weight excluding hydrogens is 1030 g/mol. The summed E-state index contributed by atoms with van der Waals surface area (Å²) in [6, 6.07) is 16.2. The van der Waals surface area contributed by atoms with Crippen molar-refractivity contribution in [1.82, 2.24) is 0 Å². The maximum atomic E-state index is 14.1. The molecule has 16 nitrogen and oxygen atoms in total. The molecule has 2 N–H and O–H groups in total. The number of hydrogen-bond acceptors (Lipinski definition) is 12. The van der Waals surface area contributed by atoms with Crippen molar-refractivity contribution in [2.24, 2.45) is 5.41 Å². The molecule has 0 saturated heterocycles. The van der Waals surface area contributed by atoms with Crippen LogP contribution in [-0.4, -0.2) is 142 Å². The van der Waals surface area contributed by atoms with Crippen LogP contribution >= 0.6 is 0 Å². The number of halogens is 2. The van der Waals surface area contributed by atoms with Crippen LogP contribution in [0.3, 0.4) is 0 Å². The van der Waals surface area contributed by atoms with Gasteiger partial charge in [0.15, 0.2) is 46.0 Å². The van der Waals surface area contributed by atoms with Gasteiger partial charge in [-0.2, -0.15) is 0 Å². The van der Waals surface area contributed by atoms with Crippen molar-refractivity contribution >= 4 is 11.9 Å². The fourth-order valence-corrected chi connectivity index (χ4v) is 12.2. The van der Waals surface area contributed by atoms with Crippen LogP contribution in [0.25, 0.3) is 0 Å². The van der Waals surface area contributed by atoms with Crippen molar-refractivity contribution in [1.29, 1.82) is 0 Å². The molecule has 428 valence electrons. The standard InChI is InChI=1S/C59H82N2O14.2ClH/c1-60(28-21-40-33-46(66-3)48(68-5)37-43(40)45(60)30-39-31-50(70-7)56(74-11)51(32-39)71-8)26-18-24-59(58(64)65,23-17-15-13-14-16-20-54(62)63)25-19-27-61(2)29-22-41-34-47(67-4)49(69-6)38-44(41)55(61)42-35-52(72-9)57(75-12)53(36-42)73-10;;/h31-38,45,55H,13-30H2,1-12H3;2*1H/t45-,55+,59?,60+,61-;;/m1../s1. The first-order chi connectivity index (χ1) is 36.0. The van der Waals surface area contributed by atoms with Crippen molar-refractivity contribution in [3.05, 3.63) is 81.9 Å². The number of carbonyl (C=O) groups is 2. The fraction of sp³-hybridized carbons (Fsp3) is 0.559. The first-order valence-electron chi connectivity index (χ1n) is 26.3. The summed E-state index contributed by atoms with van der Waals surface area (Å²) in [6.07, 6.45) is 9.09. The number of unbranched alkanes of at least 4 members (excludes halogenated alkanes) is 4. The minimum absolute atomic E-state index is 0. The van der Waals surface area contributed by atoms with E-state index in [1.165, 1.54) is 11.1 Å². The molecule has 4 aromatic rings. The van der Waals surface area contributed by atoms with Crippen LogP contribution in [-0.2, 0) is 28.9 Å². The van der Waals surface area contributed by atoms with Gasteiger partial charge >= 0.3 is 11.9 Å². The summed E-state index contributed by atoms with van der Waals surface area (Å²) >= 11 is 0. The lowest BCUT2D eigenvalue weighted by atomic mass is 9.74. The number of quaternary nitrogens is 2. The summed E-state index contributed by atoms with van der Waals surface area (Å²) in [5.41, 5.74) is 5.61. The van der Waals surface area contributed by atoms with Crippen LogP contribution in [0.4, 0.5) is 0 Å². The molecule has 2 aliphatic rings. The number of hydrogen-bond donors (Lipinski definition) is 2. The topological polar surface area (TPSA) is 167 Å². The Morgan fingerprint density at radius 3 is 1.36 bits per heavy atom. The second-order valence-corrected chi connectivity index (χ2v) is 20.7. The van der Waals surface area contributed by atoms with Gasteiger partial charge in [0, 0.05) is 42.4 Å². The number of nitrogens with zero attached hydrogens (tertiary/aromatic N) is 2. The van der Waals surface area contributed by atoms with Crippen LogP contribution in [0.1, 0.15) is 116 Å². The first kappa shape index (κ1) is 63.8. The Morgan fingerprint density at radius 1 is 0.494 bits per heavy atom. The van der Waals surface area contributed by atoms with E-state index in [0.29, 0.717) is 118 Å². The fourth-order valence-electron chi connectivity index (χ4n) is 12.2. The van der Waals surface area contributed by atoms with Crippen molar-refractivity contribution in [2.45, 2.75) is 102 Å². The lowest BCUT2D eigenvalue weighted by molar-refractivity contribution is -0.941. The number of aliphatic carboxylic acids is 2. The Bertz CT molecular complexity index is 2550. The maximum absolute atomic E-state index is 14.1. The second kappa shape index (κ2) is 28.8. The van der Waals surface area contributed by atoms with Gasteiger partial charge in [0.25, 0.3) is 0 Å². The average molecular weight is 1120 g/mol. The molecule has 77 heavy (non-hydrogen) atoms. The van der Waals surface area contributed by atoms with Gasteiger partial charge in [0.2, 0.25) is 11.5 Å². The largest absolute Gasteiger partial charge is 1.00 e. The first-order valence-corrected chi connectivity index (χ1v) is 26.3. The van der Waals surface area contributed by atoms with Gasteiger partial charge in [0.1, 0.15) is 12.1 Å². The van der Waals surface area contributed by atoms with Crippen LogP contribution in [0.15, 0.2) is 48.5 Å². The van der Waals surface area contributed by atoms with E-state index in [4.69, 9.17) is 47.4 Å². The molecule has 4 aromatic carbocycles. The summed E-state index contributed by atoms with van der Waals surface area (Å²) in [4.78, 5) is 25.4. The van der Waals surface area contributed by atoms with Crippen LogP contribution < -0.4 is 72.2 Å². The average Bonchev–Trinajstić information content (AvgIpc) is 3.42. The molecule has 0 fully saturated rings. The molecule has 5 atom stereocenters. The van der Waals surface area contributed by atoms with E-state index in [0.717, 1.165) is 80.4 Å². The second-order valence-electron chi connectivity index (χ2n) is 20.7. The lowest BCUT2D eigenvalue weighted by Crippen LogP contribution is -3.00. The van der Waals surface area contributed by atoms with E-state index >= 15 is 0 Å². The number of likely N-dealkylation sites (N-methyl/N-ethyl adjacent to an activating group) is 2. The van der Waals surface area contributed by atoms with Gasteiger partial charge in [0.05, 0.1) is 117 Å². The molecule has 1 unspecified atom stereocenters. The van der Waals surface area contributed by atoms with E-state index in [9.17, 15) is 19.8 Å². The highest BCUT2D eigenvalue weighted by Crippen LogP contribution is 2.50. The monoisotopic (exact) mass is 1110 g/mol. The predicted molar refractivity (Wildman–Crippen MR) is 287 cm³/mol. The molecule has 0 radical (unpaired) electrons. The number of carboxylic acid groups (broad SMARTS) is 2. The van der Waals surface area contributed by atoms with Crippen molar-refractivity contribution < 1.29 is 101 Å². The number of fused-ring (bicyclic) bond motifs is 2. The lowest BCUT2D eigenvalue weighted by Gasteiger charge is -2.47. The molecular formula is C59H84Cl2N2O14. The van der Waals surface area contributed by atoms with Gasteiger partial charge in [-0.15, -0.1) is 0 Å². The summed E-state index contributed by atoms with van der Waals surface area (Å²) in [5, 5.41) is 20.8. The molecule has 0 bridgehead atoms. The number of benzene rings is 4. The van der Waals surface area contributed by atoms with Gasteiger partial charge < -0.3 is 91.4 Å². The third-order valence-corrected chi connectivity index (χ3v) is 16.4. The zero-order valence-corrected chi connectivity index (χ0v) is 49.0. The quantitative estimate of drug-likeness (QED) is 0.0561. The van der Waals surface area contributed by atoms with Gasteiger partial charge in [-0.3, -0.25) is 9.59 Å². The summed E-state index contributed by atoms with van der Waals surface area (Å²) < 4.78 is 59.4. The van der Waals surface area contributed by atoms with E-state index in [2.05, 4.69) is 38.4 Å². The Kier molecular flexibility index (Phi) is 23.9. The normalized spacial score (nSPS) is 19.1. The maximum Gasteiger partial charge on any atom is 0.309 e. The number of methoxy groups -OCH3 is 10. The minimum Gasteiger partial charge on any atom is -1.00 e. The minimum atomic E-state index is -0.998. The number of carboxylic acids is 2. The van der Waals surface area contributed by atoms with Crippen molar-refractivity contribution in [3.8, 4) is 57.5 Å². The van der Waals surface area contributed by atoms with Crippen LogP contribution in [0.5, 0.6) is 57.5 Å². The van der Waals surface area contributed by atoms with E-state index in [1.54, 1.807) is 71.1 Å². The third kappa shape index (κ3) is 14.3. The summed E-state index contributed by atoms with van der Waals surface area (Å²) in [5.74, 6) is 4.39. The van der Waals surface area contributed by atoms with E-state index in [-0.39, 0.29) is 43.3 Å². The molecule has 18 heteroatoms. The van der Waals surface area contributed by atoms with Crippen molar-refractivity contribution in [3.63, 3.8) is 0 Å². The smallest absolute Gasteiger partial charge is 0.309 e. The van der Waals surface area contributed by atoms with Crippen molar-refractivity contribution in [2.75, 3.05) is 111 Å². The highest BCUT2D eigenvalue weighted by atomic mass is 35.5. The molecule has 0 spiro atoms. The number of rotatable bonds is 30.